The summed E-state index contributed by atoms with van der Waals surface area (Å²) in [5.74, 6) is 0.166. The van der Waals surface area contributed by atoms with Crippen LogP contribution in [0, 0.1) is 6.92 Å². The highest BCUT2D eigenvalue weighted by Crippen LogP contribution is 2.21. The Balaban J connectivity index is 2.70. The van der Waals surface area contributed by atoms with Gasteiger partial charge in [-0.3, -0.25) is 9.48 Å². The van der Waals surface area contributed by atoms with E-state index < -0.39 is 0 Å². The maximum atomic E-state index is 11.8. The summed E-state index contributed by atoms with van der Waals surface area (Å²) in [4.78, 5) is 11.8. The zero-order valence-electron chi connectivity index (χ0n) is 10.7. The number of Topliss-reactive ketones (excluding diaryl/α,β-unsaturated/α-hetero) is 1. The number of rotatable bonds is 6. The molecule has 0 spiro atoms. The summed E-state index contributed by atoms with van der Waals surface area (Å²) < 4.78 is 1.79. The summed E-state index contributed by atoms with van der Waals surface area (Å²) in [6.07, 6.45) is 1.57. The minimum absolute atomic E-state index is 0.0623. The van der Waals surface area contributed by atoms with Crippen molar-refractivity contribution in [2.75, 3.05) is 0 Å². The number of aromatic nitrogens is 2. The molecule has 1 unspecified atom stereocenters. The van der Waals surface area contributed by atoms with Crippen molar-refractivity contribution in [3.8, 4) is 0 Å². The number of carbonyl (C=O) groups excluding carboxylic acids is 1. The molecule has 0 radical (unpaired) electrons. The highest BCUT2D eigenvalue weighted by Gasteiger charge is 2.15. The van der Waals surface area contributed by atoms with Crippen molar-refractivity contribution in [1.29, 1.82) is 0 Å². The van der Waals surface area contributed by atoms with Gasteiger partial charge in [-0.05, 0) is 27.2 Å². The maximum Gasteiger partial charge on any atom is 0.138 e. The van der Waals surface area contributed by atoms with Gasteiger partial charge >= 0.3 is 0 Å². The molecule has 0 aliphatic rings. The third-order valence-electron chi connectivity index (χ3n) is 2.70. The Morgan fingerprint density at radius 3 is 2.76 bits per heavy atom. The van der Waals surface area contributed by atoms with Crippen LogP contribution < -0.4 is 5.73 Å². The van der Waals surface area contributed by atoms with Crippen molar-refractivity contribution >= 4 is 17.4 Å². The van der Waals surface area contributed by atoms with Crippen LogP contribution in [-0.2, 0) is 17.8 Å². The molecule has 4 nitrogen and oxygen atoms in total. The molecule has 0 saturated heterocycles. The number of hydrogen-bond donors (Lipinski definition) is 1. The Hall–Kier alpha value is -0.870. The fraction of sp³-hybridized carbons (Fsp3) is 0.667. The molecular formula is C12H20ClN3O. The lowest BCUT2D eigenvalue weighted by Crippen LogP contribution is -2.17. The lowest BCUT2D eigenvalue weighted by Gasteiger charge is -2.06. The summed E-state index contributed by atoms with van der Waals surface area (Å²) in [6.45, 7) is 6.47. The van der Waals surface area contributed by atoms with Gasteiger partial charge in [-0.2, -0.15) is 5.10 Å². The molecule has 1 rings (SSSR count). The Morgan fingerprint density at radius 2 is 2.24 bits per heavy atom. The molecule has 0 aliphatic carbocycles. The quantitative estimate of drug-likeness (QED) is 0.849. The van der Waals surface area contributed by atoms with Crippen LogP contribution in [0.4, 0.5) is 0 Å². The van der Waals surface area contributed by atoms with Gasteiger partial charge in [-0.25, -0.2) is 0 Å². The topological polar surface area (TPSA) is 60.9 Å². The van der Waals surface area contributed by atoms with Gasteiger partial charge in [0.1, 0.15) is 5.78 Å². The van der Waals surface area contributed by atoms with Gasteiger partial charge in [-0.1, -0.05) is 11.6 Å². The molecule has 0 aliphatic heterocycles. The van der Waals surface area contributed by atoms with Gasteiger partial charge in [0, 0.05) is 25.4 Å². The fourth-order valence-corrected chi connectivity index (χ4v) is 1.90. The Kier molecular flexibility index (Phi) is 5.15. The van der Waals surface area contributed by atoms with Gasteiger partial charge in [0.2, 0.25) is 0 Å². The van der Waals surface area contributed by atoms with E-state index >= 15 is 0 Å². The van der Waals surface area contributed by atoms with Crippen LogP contribution in [0.1, 0.15) is 38.1 Å². The van der Waals surface area contributed by atoms with Crippen LogP contribution in [0.15, 0.2) is 0 Å². The number of ketones is 1. The lowest BCUT2D eigenvalue weighted by molar-refractivity contribution is -0.118. The first-order chi connectivity index (χ1) is 7.95. The zero-order chi connectivity index (χ0) is 13.0. The summed E-state index contributed by atoms with van der Waals surface area (Å²) in [5.41, 5.74) is 7.23. The lowest BCUT2D eigenvalue weighted by atomic mass is 10.1. The third-order valence-corrected chi connectivity index (χ3v) is 3.19. The minimum atomic E-state index is 0.0623. The number of hydrogen-bond acceptors (Lipinski definition) is 3. The standard InChI is InChI=1S/C12H20ClN3O/c1-4-16-11(12(13)9(3)15-16)7-10(17)6-5-8(2)14/h8H,4-7,14H2,1-3H3. The summed E-state index contributed by atoms with van der Waals surface area (Å²) >= 11 is 6.14. The summed E-state index contributed by atoms with van der Waals surface area (Å²) in [5, 5.41) is 4.90. The van der Waals surface area contributed by atoms with E-state index in [0.717, 1.165) is 24.4 Å². The van der Waals surface area contributed by atoms with E-state index in [1.54, 1.807) is 4.68 Å². The van der Waals surface area contributed by atoms with Gasteiger partial charge in [-0.15, -0.1) is 0 Å². The normalized spacial score (nSPS) is 12.8. The molecule has 96 valence electrons. The Morgan fingerprint density at radius 1 is 1.59 bits per heavy atom. The predicted molar refractivity (Wildman–Crippen MR) is 69.2 cm³/mol. The highest BCUT2D eigenvalue weighted by molar-refractivity contribution is 6.32. The molecule has 0 fully saturated rings. The molecule has 0 aromatic carbocycles. The van der Waals surface area contributed by atoms with E-state index in [9.17, 15) is 4.79 Å². The monoisotopic (exact) mass is 257 g/mol. The van der Waals surface area contributed by atoms with Crippen LogP contribution in [0.2, 0.25) is 5.02 Å². The first-order valence-electron chi connectivity index (χ1n) is 5.94. The van der Waals surface area contributed by atoms with Gasteiger partial charge < -0.3 is 5.73 Å². The average Bonchev–Trinajstić information content (AvgIpc) is 2.54. The van der Waals surface area contributed by atoms with Crippen molar-refractivity contribution < 1.29 is 4.79 Å². The third kappa shape index (κ3) is 3.82. The van der Waals surface area contributed by atoms with Crippen molar-refractivity contribution in [2.24, 2.45) is 5.73 Å². The number of nitrogens with zero attached hydrogens (tertiary/aromatic N) is 2. The molecule has 1 atom stereocenters. The minimum Gasteiger partial charge on any atom is -0.328 e. The second-order valence-electron chi connectivity index (χ2n) is 4.39. The SMILES string of the molecule is CCn1nc(C)c(Cl)c1CC(=O)CCC(C)N. The van der Waals surface area contributed by atoms with Gasteiger partial charge in [0.25, 0.3) is 0 Å². The largest absolute Gasteiger partial charge is 0.328 e. The summed E-state index contributed by atoms with van der Waals surface area (Å²) in [7, 11) is 0. The highest BCUT2D eigenvalue weighted by atomic mass is 35.5. The molecule has 1 heterocycles. The number of nitrogens with two attached hydrogens (primary N) is 1. The van der Waals surface area contributed by atoms with Crippen LogP contribution in [0.5, 0.6) is 0 Å². The first-order valence-corrected chi connectivity index (χ1v) is 6.32. The molecule has 0 bridgehead atoms. The average molecular weight is 258 g/mol. The number of aryl methyl sites for hydroxylation is 2. The summed E-state index contributed by atoms with van der Waals surface area (Å²) in [6, 6.07) is 0.0623. The second kappa shape index (κ2) is 6.17. The molecule has 17 heavy (non-hydrogen) atoms. The number of halogens is 1. The Labute approximate surface area is 107 Å². The molecule has 1 aromatic heterocycles. The maximum absolute atomic E-state index is 11.8. The van der Waals surface area contributed by atoms with Crippen LogP contribution in [0.25, 0.3) is 0 Å². The molecule has 0 saturated carbocycles. The predicted octanol–water partition coefficient (Wildman–Crippen LogP) is 2.10. The van der Waals surface area contributed by atoms with Crippen LogP contribution >= 0.6 is 11.6 Å². The molecule has 0 amide bonds. The van der Waals surface area contributed by atoms with E-state index in [-0.39, 0.29) is 11.8 Å². The van der Waals surface area contributed by atoms with E-state index in [0.29, 0.717) is 17.9 Å². The number of carbonyl (C=O) groups is 1. The van der Waals surface area contributed by atoms with E-state index in [1.807, 2.05) is 20.8 Å². The van der Waals surface area contributed by atoms with E-state index in [1.165, 1.54) is 0 Å². The van der Waals surface area contributed by atoms with Gasteiger partial charge in [0.15, 0.2) is 0 Å². The fourth-order valence-electron chi connectivity index (χ4n) is 1.70. The Bertz CT molecular complexity index is 399. The first kappa shape index (κ1) is 14.2. The van der Waals surface area contributed by atoms with Gasteiger partial charge in [0.05, 0.1) is 16.4 Å². The molecule has 1 aromatic rings. The van der Waals surface area contributed by atoms with Crippen molar-refractivity contribution in [3.63, 3.8) is 0 Å². The van der Waals surface area contributed by atoms with E-state index in [2.05, 4.69) is 5.10 Å². The van der Waals surface area contributed by atoms with Crippen LogP contribution in [-0.4, -0.2) is 21.6 Å². The smallest absolute Gasteiger partial charge is 0.138 e. The van der Waals surface area contributed by atoms with Crippen molar-refractivity contribution in [2.45, 2.75) is 52.6 Å². The van der Waals surface area contributed by atoms with Crippen LogP contribution in [0.3, 0.4) is 0 Å². The van der Waals surface area contributed by atoms with Crippen molar-refractivity contribution in [3.05, 3.63) is 16.4 Å². The second-order valence-corrected chi connectivity index (χ2v) is 4.77. The molecule has 5 heteroatoms. The molecule has 2 N–H and O–H groups in total. The molecular weight excluding hydrogens is 238 g/mol. The van der Waals surface area contributed by atoms with Crippen molar-refractivity contribution in [1.82, 2.24) is 9.78 Å². The zero-order valence-corrected chi connectivity index (χ0v) is 11.4. The van der Waals surface area contributed by atoms with E-state index in [4.69, 9.17) is 17.3 Å².